The van der Waals surface area contributed by atoms with Crippen LogP contribution >= 0.6 is 0 Å². The molecule has 0 bridgehead atoms. The number of piperazine rings is 1. The highest BCUT2D eigenvalue weighted by atomic mass is 16.4. The molecule has 37 heavy (non-hydrogen) atoms. The summed E-state index contributed by atoms with van der Waals surface area (Å²) in [4.78, 5) is 55.5. The molecule has 2 fully saturated rings. The second-order valence-electron chi connectivity index (χ2n) is 9.67. The lowest BCUT2D eigenvalue weighted by Gasteiger charge is -2.47. The molecule has 3 atom stereocenters. The van der Waals surface area contributed by atoms with Crippen molar-refractivity contribution in [3.05, 3.63) is 83.9 Å². The summed E-state index contributed by atoms with van der Waals surface area (Å²) in [5.74, 6) is -2.18. The van der Waals surface area contributed by atoms with E-state index in [-0.39, 0.29) is 24.9 Å². The van der Waals surface area contributed by atoms with Crippen LogP contribution in [0.1, 0.15) is 46.4 Å². The van der Waals surface area contributed by atoms with E-state index in [4.69, 9.17) is 0 Å². The van der Waals surface area contributed by atoms with Crippen LogP contribution in [0.15, 0.2) is 72.8 Å². The van der Waals surface area contributed by atoms with Crippen molar-refractivity contribution in [2.45, 2.75) is 43.8 Å². The zero-order valence-electron chi connectivity index (χ0n) is 20.4. The molecule has 2 N–H and O–H groups in total. The van der Waals surface area contributed by atoms with Gasteiger partial charge in [-0.05, 0) is 41.8 Å². The predicted molar refractivity (Wildman–Crippen MR) is 138 cm³/mol. The van der Waals surface area contributed by atoms with Crippen LogP contribution in [0, 0.1) is 0 Å². The molecule has 0 aromatic heterocycles. The summed E-state index contributed by atoms with van der Waals surface area (Å²) in [6.45, 7) is 0.155. The molecule has 2 heterocycles. The number of hydrogen-bond donors (Lipinski definition) is 2. The van der Waals surface area contributed by atoms with Gasteiger partial charge in [0.15, 0.2) is 0 Å². The maximum absolute atomic E-state index is 13.8. The molecule has 2 aliphatic heterocycles. The van der Waals surface area contributed by atoms with Gasteiger partial charge >= 0.3 is 5.97 Å². The van der Waals surface area contributed by atoms with Crippen LogP contribution in [0.5, 0.6) is 0 Å². The van der Waals surface area contributed by atoms with Crippen LogP contribution in [0.3, 0.4) is 0 Å². The van der Waals surface area contributed by atoms with Gasteiger partial charge in [0.1, 0.15) is 12.1 Å². The molecule has 3 aromatic carbocycles. The van der Waals surface area contributed by atoms with Crippen molar-refractivity contribution in [2.24, 2.45) is 0 Å². The number of nitrogens with zero attached hydrogens (tertiary/aromatic N) is 2. The average Bonchev–Trinajstić information content (AvgIpc) is 2.92. The third-order valence-corrected chi connectivity index (χ3v) is 7.32. The zero-order chi connectivity index (χ0) is 25.9. The molecule has 2 saturated heterocycles. The maximum atomic E-state index is 13.8. The first-order chi connectivity index (χ1) is 17.9. The summed E-state index contributed by atoms with van der Waals surface area (Å²) >= 11 is 0. The smallest absolute Gasteiger partial charge is 0.328 e. The zero-order valence-corrected chi connectivity index (χ0v) is 20.4. The highest BCUT2D eigenvalue weighted by Gasteiger charge is 2.45. The van der Waals surface area contributed by atoms with E-state index in [1.807, 2.05) is 36.4 Å². The van der Waals surface area contributed by atoms with Gasteiger partial charge in [-0.3, -0.25) is 14.4 Å². The van der Waals surface area contributed by atoms with Crippen molar-refractivity contribution in [3.63, 3.8) is 0 Å². The number of fused-ring (bicyclic) bond motifs is 2. The fourth-order valence-electron chi connectivity index (χ4n) is 5.48. The monoisotopic (exact) mass is 499 g/mol. The largest absolute Gasteiger partial charge is 0.480 e. The van der Waals surface area contributed by atoms with E-state index in [2.05, 4.69) is 5.32 Å². The van der Waals surface area contributed by atoms with E-state index >= 15 is 0 Å². The summed E-state index contributed by atoms with van der Waals surface area (Å²) in [6, 6.07) is 19.3. The number of carboxylic acid groups (broad SMARTS) is 1. The van der Waals surface area contributed by atoms with E-state index in [9.17, 15) is 24.3 Å². The Bertz CT molecular complexity index is 1340. The van der Waals surface area contributed by atoms with E-state index in [0.29, 0.717) is 30.4 Å². The minimum absolute atomic E-state index is 0.102. The van der Waals surface area contributed by atoms with Crippen molar-refractivity contribution < 1.29 is 24.3 Å². The Labute approximate surface area is 214 Å². The molecule has 2 aliphatic rings. The van der Waals surface area contributed by atoms with Crippen LogP contribution in [-0.2, 0) is 9.59 Å². The first kappa shape index (κ1) is 24.5. The topological polar surface area (TPSA) is 107 Å². The molecule has 8 heteroatoms. The number of benzene rings is 3. The van der Waals surface area contributed by atoms with Gasteiger partial charge in [0.25, 0.3) is 11.8 Å². The first-order valence-electron chi connectivity index (χ1n) is 12.6. The number of hydrogen-bond acceptors (Lipinski definition) is 4. The number of carbonyl (C=O) groups is 4. The number of amides is 3. The maximum Gasteiger partial charge on any atom is 0.328 e. The van der Waals surface area contributed by atoms with Gasteiger partial charge in [-0.2, -0.15) is 0 Å². The van der Waals surface area contributed by atoms with E-state index in [1.54, 1.807) is 36.4 Å². The summed E-state index contributed by atoms with van der Waals surface area (Å²) < 4.78 is 0. The summed E-state index contributed by atoms with van der Waals surface area (Å²) in [7, 11) is 0. The van der Waals surface area contributed by atoms with Gasteiger partial charge in [-0.25, -0.2) is 4.79 Å². The lowest BCUT2D eigenvalue weighted by molar-refractivity contribution is -0.158. The van der Waals surface area contributed by atoms with Gasteiger partial charge in [-0.1, -0.05) is 67.4 Å². The number of carboxylic acids is 1. The highest BCUT2D eigenvalue weighted by Crippen LogP contribution is 2.27. The molecular formula is C29H29N3O5. The second kappa shape index (κ2) is 10.4. The van der Waals surface area contributed by atoms with Crippen molar-refractivity contribution in [1.82, 2.24) is 15.1 Å². The molecule has 8 nitrogen and oxygen atoms in total. The van der Waals surface area contributed by atoms with E-state index in [1.165, 1.54) is 9.80 Å². The van der Waals surface area contributed by atoms with Gasteiger partial charge < -0.3 is 20.2 Å². The molecule has 190 valence electrons. The average molecular weight is 500 g/mol. The van der Waals surface area contributed by atoms with Gasteiger partial charge in [0.2, 0.25) is 5.91 Å². The first-order valence-corrected chi connectivity index (χ1v) is 12.6. The van der Waals surface area contributed by atoms with Crippen molar-refractivity contribution in [1.29, 1.82) is 0 Å². The third-order valence-electron chi connectivity index (χ3n) is 7.32. The van der Waals surface area contributed by atoms with Crippen molar-refractivity contribution >= 4 is 34.5 Å². The highest BCUT2D eigenvalue weighted by molar-refractivity contribution is 6.08. The molecule has 3 aromatic rings. The van der Waals surface area contributed by atoms with Crippen LogP contribution < -0.4 is 5.32 Å². The molecule has 0 unspecified atom stereocenters. The Morgan fingerprint density at radius 2 is 1.54 bits per heavy atom. The lowest BCUT2D eigenvalue weighted by atomic mass is 9.93. The predicted octanol–water partition coefficient (Wildman–Crippen LogP) is 3.32. The van der Waals surface area contributed by atoms with E-state index < -0.39 is 30.0 Å². The molecule has 3 amide bonds. The Morgan fingerprint density at radius 1 is 0.838 bits per heavy atom. The van der Waals surface area contributed by atoms with Crippen LogP contribution in [0.25, 0.3) is 10.8 Å². The minimum Gasteiger partial charge on any atom is -0.480 e. The number of aliphatic carboxylic acids is 1. The molecule has 0 spiro atoms. The Morgan fingerprint density at radius 3 is 2.32 bits per heavy atom. The molecule has 0 aliphatic carbocycles. The summed E-state index contributed by atoms with van der Waals surface area (Å²) in [5.41, 5.74) is 0.954. The van der Waals surface area contributed by atoms with Gasteiger partial charge in [0, 0.05) is 17.7 Å². The fraction of sp³-hybridized carbons (Fsp3) is 0.310. The third kappa shape index (κ3) is 4.91. The summed E-state index contributed by atoms with van der Waals surface area (Å²) in [6.07, 6.45) is 2.49. The van der Waals surface area contributed by atoms with Crippen molar-refractivity contribution in [3.8, 4) is 0 Å². The normalized spacial score (nSPS) is 22.1. The van der Waals surface area contributed by atoms with E-state index in [0.717, 1.165) is 17.2 Å². The lowest BCUT2D eigenvalue weighted by Crippen LogP contribution is -2.67. The SMILES string of the molecule is O=C(N[C@H]1CCCC[C@H]2CN(C(=O)c3ccccc3)C[C@@H](C(=O)O)N2C1=O)c1cccc2ccccc12. The molecule has 0 saturated carbocycles. The van der Waals surface area contributed by atoms with Crippen LogP contribution in [0.4, 0.5) is 0 Å². The van der Waals surface area contributed by atoms with Crippen LogP contribution in [0.2, 0.25) is 0 Å². The van der Waals surface area contributed by atoms with Crippen molar-refractivity contribution in [2.75, 3.05) is 13.1 Å². The number of rotatable bonds is 4. The number of carbonyl (C=O) groups excluding carboxylic acids is 3. The standard InChI is InChI=1S/C29H29N3O5/c33-26(23-15-8-12-19-9-4-6-14-22(19)23)30-24-16-7-5-13-21-17-31(27(34)20-10-2-1-3-11-20)18-25(29(36)37)32(21)28(24)35/h1-4,6,8-12,14-15,21,24-25H,5,7,13,16-18H2,(H,30,33)(H,36,37)/t21-,24-,25-/m0/s1. The Kier molecular flexibility index (Phi) is 6.90. The van der Waals surface area contributed by atoms with Gasteiger partial charge in [0.05, 0.1) is 12.6 Å². The molecular weight excluding hydrogens is 470 g/mol. The quantitative estimate of drug-likeness (QED) is 0.573. The molecule has 0 radical (unpaired) electrons. The second-order valence-corrected chi connectivity index (χ2v) is 9.67. The fourth-order valence-corrected chi connectivity index (χ4v) is 5.48. The molecule has 5 rings (SSSR count). The minimum atomic E-state index is -1.19. The van der Waals surface area contributed by atoms with Crippen LogP contribution in [-0.4, -0.2) is 69.8 Å². The summed E-state index contributed by atoms with van der Waals surface area (Å²) in [5, 5.41) is 14.7. The Hall–Kier alpha value is -4.20. The van der Waals surface area contributed by atoms with Gasteiger partial charge in [-0.15, -0.1) is 0 Å². The Balaban J connectivity index is 1.39. The number of nitrogens with one attached hydrogen (secondary N) is 1.